The fraction of sp³-hybridized carbons (Fsp3) is 0.111. The van der Waals surface area contributed by atoms with Crippen LogP contribution >= 0.6 is 0 Å². The fourth-order valence-electron chi connectivity index (χ4n) is 13.3. The van der Waals surface area contributed by atoms with Crippen molar-refractivity contribution in [1.29, 1.82) is 0 Å². The second-order valence-corrected chi connectivity index (χ2v) is 23.0. The Kier molecular flexibility index (Phi) is 12.7. The van der Waals surface area contributed by atoms with Gasteiger partial charge in [0, 0.05) is 44.2 Å². The maximum atomic E-state index is 7.79. The number of hydrogen-bond donors (Lipinski definition) is 0. The molecule has 0 aliphatic rings. The third-order valence-electron chi connectivity index (χ3n) is 17.5. The third kappa shape index (κ3) is 8.80. The van der Waals surface area contributed by atoms with E-state index in [0.29, 0.717) is 0 Å². The number of furan rings is 2. The SMILES string of the molecule is CCCCCCc1ccc(-c2oc3c(cc(-c4ccc(-c5cccc6ccccc56)cc4)c4c5oc(C(C)C)c(-c6cccc7ccccc67)c5cc(-c5ccc(-c6ccc7ccccc7c6)cc5)c34)c2-c2cccc3ccccc23)cc1. The molecule has 0 saturated carbocycles. The van der Waals surface area contributed by atoms with Gasteiger partial charge in [-0.2, -0.15) is 0 Å². The molecule has 83 heavy (non-hydrogen) atoms. The van der Waals surface area contributed by atoms with Crippen molar-refractivity contribution in [3.8, 4) is 78.1 Å². The fourth-order valence-corrected chi connectivity index (χ4v) is 13.3. The smallest absolute Gasteiger partial charge is 0.144 e. The number of fused-ring (bicyclic) bond motifs is 9. The van der Waals surface area contributed by atoms with Crippen LogP contribution in [-0.2, 0) is 6.42 Å². The lowest BCUT2D eigenvalue weighted by Gasteiger charge is -2.16. The van der Waals surface area contributed by atoms with Gasteiger partial charge in [-0.25, -0.2) is 0 Å². The van der Waals surface area contributed by atoms with Crippen LogP contribution in [0.25, 0.3) is 154 Å². The van der Waals surface area contributed by atoms with E-state index in [-0.39, 0.29) is 5.92 Å². The predicted octanol–water partition coefficient (Wildman–Crippen LogP) is 23.9. The molecule has 0 unspecified atom stereocenters. The summed E-state index contributed by atoms with van der Waals surface area (Å²) in [5.74, 6) is 1.89. The van der Waals surface area contributed by atoms with Crippen LogP contribution in [0.5, 0.6) is 0 Å². The first-order chi connectivity index (χ1) is 41.0. The molecular formula is C81H62O2. The summed E-state index contributed by atoms with van der Waals surface area (Å²) in [4.78, 5) is 0. The topological polar surface area (TPSA) is 26.3 Å². The Morgan fingerprint density at radius 3 is 1.34 bits per heavy atom. The Balaban J connectivity index is 1.07. The van der Waals surface area contributed by atoms with Gasteiger partial charge >= 0.3 is 0 Å². The van der Waals surface area contributed by atoms with E-state index in [1.54, 1.807) is 0 Å². The molecule has 0 fully saturated rings. The summed E-state index contributed by atoms with van der Waals surface area (Å²) in [6, 6.07) is 94.2. The molecule has 0 spiro atoms. The van der Waals surface area contributed by atoms with Crippen molar-refractivity contribution in [2.45, 2.75) is 58.8 Å². The van der Waals surface area contributed by atoms with Gasteiger partial charge in [0.2, 0.25) is 0 Å². The second kappa shape index (κ2) is 21.0. The minimum Gasteiger partial charge on any atom is -0.459 e. The van der Waals surface area contributed by atoms with Crippen molar-refractivity contribution in [3.63, 3.8) is 0 Å². The molecular weight excluding hydrogens is 1000 g/mol. The van der Waals surface area contributed by atoms with Gasteiger partial charge in [-0.3, -0.25) is 0 Å². The Hall–Kier alpha value is -9.76. The minimum absolute atomic E-state index is 0.0751. The number of rotatable bonds is 13. The van der Waals surface area contributed by atoms with Crippen LogP contribution in [0.3, 0.4) is 0 Å². The molecule has 2 aromatic heterocycles. The van der Waals surface area contributed by atoms with Gasteiger partial charge in [0.25, 0.3) is 0 Å². The summed E-state index contributed by atoms with van der Waals surface area (Å²) >= 11 is 0. The van der Waals surface area contributed by atoms with Gasteiger partial charge in [-0.15, -0.1) is 0 Å². The van der Waals surface area contributed by atoms with E-state index in [0.717, 1.165) is 106 Å². The zero-order valence-corrected chi connectivity index (χ0v) is 47.2. The molecule has 0 radical (unpaired) electrons. The lowest BCUT2D eigenvalue weighted by molar-refractivity contribution is 0.526. The average Bonchev–Trinajstić information content (AvgIpc) is 3.38. The second-order valence-electron chi connectivity index (χ2n) is 23.0. The van der Waals surface area contributed by atoms with Gasteiger partial charge in [-0.1, -0.05) is 277 Å². The Labute approximate surface area is 484 Å². The maximum Gasteiger partial charge on any atom is 0.144 e. The van der Waals surface area contributed by atoms with E-state index >= 15 is 0 Å². The average molecular weight is 1070 g/mol. The molecule has 0 aliphatic heterocycles. The largest absolute Gasteiger partial charge is 0.459 e. The molecule has 0 N–H and O–H groups in total. The quantitative estimate of drug-likeness (QED) is 0.108. The van der Waals surface area contributed by atoms with Crippen molar-refractivity contribution in [2.24, 2.45) is 0 Å². The monoisotopic (exact) mass is 1070 g/mol. The van der Waals surface area contributed by atoms with Crippen LogP contribution in [0.1, 0.15) is 63.7 Å². The molecule has 0 saturated heterocycles. The highest BCUT2D eigenvalue weighted by Gasteiger charge is 2.30. The van der Waals surface area contributed by atoms with E-state index < -0.39 is 0 Å². The maximum absolute atomic E-state index is 7.79. The molecule has 15 rings (SSSR count). The summed E-state index contributed by atoms with van der Waals surface area (Å²) < 4.78 is 15.4. The lowest BCUT2D eigenvalue weighted by atomic mass is 9.85. The van der Waals surface area contributed by atoms with E-state index in [1.165, 1.54) is 91.0 Å². The summed E-state index contributed by atoms with van der Waals surface area (Å²) in [7, 11) is 0. The molecule has 15 aromatic rings. The van der Waals surface area contributed by atoms with Crippen LogP contribution in [0.15, 0.2) is 264 Å². The van der Waals surface area contributed by atoms with E-state index in [9.17, 15) is 0 Å². The Bertz CT molecular complexity index is 4940. The van der Waals surface area contributed by atoms with Crippen LogP contribution < -0.4 is 0 Å². The predicted molar refractivity (Wildman–Crippen MR) is 354 cm³/mol. The van der Waals surface area contributed by atoms with Crippen molar-refractivity contribution in [3.05, 3.63) is 266 Å². The molecule has 398 valence electrons. The Morgan fingerprint density at radius 1 is 0.313 bits per heavy atom. The summed E-state index contributed by atoms with van der Waals surface area (Å²) in [6.45, 7) is 6.80. The molecule has 0 amide bonds. The van der Waals surface area contributed by atoms with Crippen molar-refractivity contribution in [2.75, 3.05) is 0 Å². The van der Waals surface area contributed by atoms with Gasteiger partial charge in [0.05, 0.1) is 0 Å². The molecule has 0 aliphatic carbocycles. The third-order valence-corrected chi connectivity index (χ3v) is 17.5. The Morgan fingerprint density at radius 2 is 0.759 bits per heavy atom. The highest BCUT2D eigenvalue weighted by molar-refractivity contribution is 6.30. The van der Waals surface area contributed by atoms with E-state index in [2.05, 4.69) is 276 Å². The summed E-state index contributed by atoms with van der Waals surface area (Å²) in [6.07, 6.45) is 5.98. The van der Waals surface area contributed by atoms with Gasteiger partial charge < -0.3 is 8.83 Å². The van der Waals surface area contributed by atoms with E-state index in [1.807, 2.05) is 0 Å². The molecule has 2 heteroatoms. The van der Waals surface area contributed by atoms with Crippen molar-refractivity contribution < 1.29 is 8.83 Å². The van der Waals surface area contributed by atoms with Gasteiger partial charge in [-0.05, 0) is 135 Å². The highest BCUT2D eigenvalue weighted by atomic mass is 16.3. The molecule has 2 nitrogen and oxygen atoms in total. The lowest BCUT2D eigenvalue weighted by Crippen LogP contribution is -1.91. The molecule has 13 aromatic carbocycles. The highest BCUT2D eigenvalue weighted by Crippen LogP contribution is 2.54. The molecule has 0 atom stereocenters. The van der Waals surface area contributed by atoms with Crippen molar-refractivity contribution >= 4 is 75.8 Å². The van der Waals surface area contributed by atoms with Crippen LogP contribution in [0, 0.1) is 0 Å². The number of aryl methyl sites for hydroxylation is 1. The van der Waals surface area contributed by atoms with Gasteiger partial charge in [0.1, 0.15) is 22.7 Å². The number of unbranched alkanes of at least 4 members (excludes halogenated alkanes) is 3. The summed E-state index contributed by atoms with van der Waals surface area (Å²) in [5, 5.41) is 13.9. The standard InChI is InChI=1S/C81H62O2/c1-4-5-6-7-19-52-34-36-61(37-35-52)79-75(69-33-18-27-57-23-12-15-30-67(57)69)73-50-71(60-45-43-58(44-46-60)65-31-16-25-55-21-10-13-28-64(55)65)76-77(81(73)83-79)70(59-41-38-54(39-42-59)63-47-40-53-20-8-9-24-62(53)48-63)49-72-74(78(51(2)3)82-80(72)76)68-32-17-26-56-22-11-14-29-66(56)68/h8-18,20-51H,4-7,19H2,1-3H3. The molecule has 0 bridgehead atoms. The first-order valence-electron chi connectivity index (χ1n) is 29.7. The molecule has 2 heterocycles. The number of hydrogen-bond acceptors (Lipinski definition) is 2. The number of benzene rings is 13. The minimum atomic E-state index is 0.0751. The first-order valence-corrected chi connectivity index (χ1v) is 29.7. The zero-order chi connectivity index (χ0) is 55.5. The van der Waals surface area contributed by atoms with Crippen LogP contribution in [0.4, 0.5) is 0 Å². The van der Waals surface area contributed by atoms with Crippen LogP contribution in [-0.4, -0.2) is 0 Å². The van der Waals surface area contributed by atoms with Gasteiger partial charge in [0.15, 0.2) is 0 Å². The normalized spacial score (nSPS) is 11.9. The van der Waals surface area contributed by atoms with Crippen molar-refractivity contribution in [1.82, 2.24) is 0 Å². The summed E-state index contributed by atoms with van der Waals surface area (Å²) in [5.41, 5.74) is 17.7. The zero-order valence-electron chi connectivity index (χ0n) is 47.2. The van der Waals surface area contributed by atoms with E-state index in [4.69, 9.17) is 8.83 Å². The van der Waals surface area contributed by atoms with Crippen LogP contribution in [0.2, 0.25) is 0 Å². The first kappa shape index (κ1) is 50.2.